The van der Waals surface area contributed by atoms with Gasteiger partial charge < -0.3 is 20.8 Å². The molecule has 0 spiro atoms. The molecule has 0 radical (unpaired) electrons. The van der Waals surface area contributed by atoms with Crippen LogP contribution in [0.3, 0.4) is 0 Å². The van der Waals surface area contributed by atoms with E-state index in [2.05, 4.69) is 10.6 Å². The Kier molecular flexibility index (Phi) is 8.69. The van der Waals surface area contributed by atoms with Gasteiger partial charge in [-0.1, -0.05) is 70.7 Å². The molecule has 38 heavy (non-hydrogen) atoms. The van der Waals surface area contributed by atoms with Crippen molar-refractivity contribution in [1.82, 2.24) is 0 Å². The summed E-state index contributed by atoms with van der Waals surface area (Å²) in [6.07, 6.45) is -0.540. The van der Waals surface area contributed by atoms with Gasteiger partial charge in [-0.05, 0) is 70.8 Å². The number of carbonyl (C=O) groups is 2. The number of benzene rings is 4. The van der Waals surface area contributed by atoms with Crippen molar-refractivity contribution in [3.63, 3.8) is 0 Å². The third kappa shape index (κ3) is 6.52. The van der Waals surface area contributed by atoms with Crippen molar-refractivity contribution in [2.24, 2.45) is 0 Å². The van der Waals surface area contributed by atoms with E-state index in [1.807, 2.05) is 0 Å². The standard InChI is InChI=1S/C28H20Cl4N2O4/c29-20-3-1-4-21(30)27(20)33-18-8-9-19(16(12-18)13-25(35)36)15-7-10-24(17(11-15)14-26(37)38)34-28-22(31)5-2-6-23(28)32/h1-12,33-34H,13-14H2,(H,35,36)(H,37,38). The lowest BCUT2D eigenvalue weighted by Crippen LogP contribution is -2.06. The topological polar surface area (TPSA) is 98.7 Å². The largest absolute Gasteiger partial charge is 0.481 e. The van der Waals surface area contributed by atoms with Crippen LogP contribution in [0.1, 0.15) is 11.1 Å². The number of anilines is 4. The smallest absolute Gasteiger partial charge is 0.307 e. The molecule has 0 saturated heterocycles. The molecule has 6 nitrogen and oxygen atoms in total. The molecule has 0 fully saturated rings. The third-order valence-electron chi connectivity index (χ3n) is 5.66. The van der Waals surface area contributed by atoms with E-state index < -0.39 is 11.9 Å². The molecule has 194 valence electrons. The number of aliphatic carboxylic acids is 2. The molecule has 4 aromatic carbocycles. The number of para-hydroxylation sites is 2. The summed E-state index contributed by atoms with van der Waals surface area (Å²) in [6.45, 7) is 0. The molecule has 0 aliphatic heterocycles. The molecule has 0 amide bonds. The third-order valence-corrected chi connectivity index (χ3v) is 6.92. The highest BCUT2D eigenvalue weighted by Crippen LogP contribution is 2.37. The van der Waals surface area contributed by atoms with Gasteiger partial charge in [-0.25, -0.2) is 0 Å². The Labute approximate surface area is 238 Å². The van der Waals surface area contributed by atoms with Crippen molar-refractivity contribution in [2.45, 2.75) is 12.8 Å². The van der Waals surface area contributed by atoms with Crippen LogP contribution in [0.2, 0.25) is 20.1 Å². The van der Waals surface area contributed by atoms with Gasteiger partial charge in [0.05, 0.1) is 44.3 Å². The maximum Gasteiger partial charge on any atom is 0.307 e. The predicted molar refractivity (Wildman–Crippen MR) is 154 cm³/mol. The summed E-state index contributed by atoms with van der Waals surface area (Å²) in [4.78, 5) is 23.3. The Morgan fingerprint density at radius 2 is 1.16 bits per heavy atom. The lowest BCUT2D eigenvalue weighted by molar-refractivity contribution is -0.137. The summed E-state index contributed by atoms with van der Waals surface area (Å²) >= 11 is 25.1. The summed E-state index contributed by atoms with van der Waals surface area (Å²) in [6, 6.07) is 20.6. The number of carboxylic acid groups (broad SMARTS) is 2. The van der Waals surface area contributed by atoms with Crippen molar-refractivity contribution in [2.75, 3.05) is 10.6 Å². The highest BCUT2D eigenvalue weighted by atomic mass is 35.5. The van der Waals surface area contributed by atoms with Gasteiger partial charge in [0.1, 0.15) is 0 Å². The molecule has 0 bridgehead atoms. The van der Waals surface area contributed by atoms with Gasteiger partial charge >= 0.3 is 11.9 Å². The van der Waals surface area contributed by atoms with Crippen LogP contribution in [0.5, 0.6) is 0 Å². The number of carboxylic acids is 2. The SMILES string of the molecule is O=C(O)Cc1cc(-c2ccc(Nc3c(Cl)cccc3Cl)cc2CC(=O)O)ccc1Nc1c(Cl)cccc1Cl. The molecule has 0 atom stereocenters. The maximum absolute atomic E-state index is 11.7. The Morgan fingerprint density at radius 1 is 0.632 bits per heavy atom. The van der Waals surface area contributed by atoms with Crippen molar-refractivity contribution in [3.05, 3.63) is 104 Å². The van der Waals surface area contributed by atoms with E-state index in [1.165, 1.54) is 0 Å². The minimum absolute atomic E-state index is 0.259. The molecule has 0 heterocycles. The Bertz CT molecular complexity index is 1500. The molecule has 0 aliphatic rings. The van der Waals surface area contributed by atoms with Crippen molar-refractivity contribution >= 4 is 81.1 Å². The second kappa shape index (κ2) is 12.0. The Hall–Kier alpha value is -3.42. The van der Waals surface area contributed by atoms with Crippen molar-refractivity contribution in [3.8, 4) is 11.1 Å². The predicted octanol–water partition coefficient (Wildman–Crippen LogP) is 8.71. The number of nitrogens with one attached hydrogen (secondary N) is 2. The molecule has 0 saturated carbocycles. The lowest BCUT2D eigenvalue weighted by Gasteiger charge is -2.17. The second-order valence-corrected chi connectivity index (χ2v) is 9.96. The van der Waals surface area contributed by atoms with Crippen LogP contribution in [0.4, 0.5) is 22.7 Å². The van der Waals surface area contributed by atoms with Gasteiger partial charge in [-0.2, -0.15) is 0 Å². The van der Waals surface area contributed by atoms with E-state index in [4.69, 9.17) is 46.4 Å². The molecule has 4 rings (SSSR count). The summed E-state index contributed by atoms with van der Waals surface area (Å²) in [5.41, 5.74) is 4.33. The van der Waals surface area contributed by atoms with Crippen molar-refractivity contribution < 1.29 is 19.8 Å². The van der Waals surface area contributed by atoms with Gasteiger partial charge in [-0.3, -0.25) is 9.59 Å². The fraction of sp³-hybridized carbons (Fsp3) is 0.0714. The summed E-state index contributed by atoms with van der Waals surface area (Å²) in [7, 11) is 0. The highest BCUT2D eigenvalue weighted by molar-refractivity contribution is 6.39. The first-order valence-electron chi connectivity index (χ1n) is 11.2. The van der Waals surface area contributed by atoms with Crippen LogP contribution in [-0.4, -0.2) is 22.2 Å². The van der Waals surface area contributed by atoms with E-state index in [9.17, 15) is 19.8 Å². The first-order valence-corrected chi connectivity index (χ1v) is 12.8. The number of hydrogen-bond acceptors (Lipinski definition) is 4. The molecule has 4 aromatic rings. The normalized spacial score (nSPS) is 10.7. The van der Waals surface area contributed by atoms with Crippen LogP contribution < -0.4 is 10.6 Å². The molecular formula is C28H20Cl4N2O4. The molecule has 0 unspecified atom stereocenters. The van der Waals surface area contributed by atoms with Crippen LogP contribution in [0, 0.1) is 0 Å². The Balaban J connectivity index is 1.75. The number of halogens is 4. The van der Waals surface area contributed by atoms with E-state index in [-0.39, 0.29) is 12.8 Å². The van der Waals surface area contributed by atoms with Crippen molar-refractivity contribution in [1.29, 1.82) is 0 Å². The minimum atomic E-state index is -1.03. The highest BCUT2D eigenvalue weighted by Gasteiger charge is 2.16. The number of rotatable bonds is 9. The monoisotopic (exact) mass is 588 g/mol. The van der Waals surface area contributed by atoms with E-state index in [0.717, 1.165) is 0 Å². The van der Waals surface area contributed by atoms with Gasteiger partial charge in [0.2, 0.25) is 0 Å². The van der Waals surface area contributed by atoms with Crippen LogP contribution in [-0.2, 0) is 22.4 Å². The zero-order valence-corrected chi connectivity index (χ0v) is 22.6. The van der Waals surface area contributed by atoms with Crippen LogP contribution >= 0.6 is 46.4 Å². The van der Waals surface area contributed by atoms with Crippen LogP contribution in [0.15, 0.2) is 72.8 Å². The second-order valence-electron chi connectivity index (χ2n) is 8.33. The summed E-state index contributed by atoms with van der Waals surface area (Å²) in [5, 5.41) is 27.0. The number of hydrogen-bond donors (Lipinski definition) is 4. The van der Waals surface area contributed by atoms with Gasteiger partial charge in [-0.15, -0.1) is 0 Å². The lowest BCUT2D eigenvalue weighted by atomic mass is 9.94. The van der Waals surface area contributed by atoms with Gasteiger partial charge in [0, 0.05) is 11.4 Å². The fourth-order valence-electron chi connectivity index (χ4n) is 3.97. The molecule has 0 aliphatic carbocycles. The summed E-state index contributed by atoms with van der Waals surface area (Å²) < 4.78 is 0. The van der Waals surface area contributed by atoms with E-state index >= 15 is 0 Å². The van der Waals surface area contributed by atoms with Crippen LogP contribution in [0.25, 0.3) is 11.1 Å². The molecule has 10 heteroatoms. The van der Waals surface area contributed by atoms with Gasteiger partial charge in [0.15, 0.2) is 0 Å². The molecular weight excluding hydrogens is 570 g/mol. The zero-order chi connectivity index (χ0) is 27.4. The first kappa shape index (κ1) is 27.6. The molecule has 4 N–H and O–H groups in total. The van der Waals surface area contributed by atoms with E-state index in [1.54, 1.807) is 72.8 Å². The Morgan fingerprint density at radius 3 is 1.71 bits per heavy atom. The summed E-state index contributed by atoms with van der Waals surface area (Å²) in [5.74, 6) is -2.05. The zero-order valence-electron chi connectivity index (χ0n) is 19.6. The quantitative estimate of drug-likeness (QED) is 0.156. The maximum atomic E-state index is 11.7. The first-order chi connectivity index (χ1) is 18.1. The average Bonchev–Trinajstić information content (AvgIpc) is 2.84. The van der Waals surface area contributed by atoms with E-state index in [0.29, 0.717) is 65.1 Å². The van der Waals surface area contributed by atoms with Gasteiger partial charge in [0.25, 0.3) is 0 Å². The fourth-order valence-corrected chi connectivity index (χ4v) is 4.95. The minimum Gasteiger partial charge on any atom is -0.481 e. The average molecular weight is 590 g/mol. The molecule has 0 aromatic heterocycles.